The van der Waals surface area contributed by atoms with Crippen molar-refractivity contribution in [1.29, 1.82) is 0 Å². The van der Waals surface area contributed by atoms with Crippen LogP contribution in [0.4, 0.5) is 5.69 Å². The molecule has 5 heteroatoms. The van der Waals surface area contributed by atoms with Crippen LogP contribution in [0.2, 0.25) is 0 Å². The van der Waals surface area contributed by atoms with Gasteiger partial charge in [-0.2, -0.15) is 0 Å². The van der Waals surface area contributed by atoms with Gasteiger partial charge in [0.05, 0.1) is 12.5 Å². The van der Waals surface area contributed by atoms with E-state index in [4.69, 9.17) is 4.74 Å². The lowest BCUT2D eigenvalue weighted by Crippen LogP contribution is -2.35. The highest BCUT2D eigenvalue weighted by molar-refractivity contribution is 6.00. The maximum absolute atomic E-state index is 12.6. The summed E-state index contributed by atoms with van der Waals surface area (Å²) in [5.41, 5.74) is 2.00. The molecule has 0 unspecified atom stereocenters. The summed E-state index contributed by atoms with van der Waals surface area (Å²) < 4.78 is 5.58. The number of hydrogen-bond donors (Lipinski definition) is 1. The van der Waals surface area contributed by atoms with Crippen LogP contribution < -0.4 is 15.0 Å². The Balaban J connectivity index is 1.54. The van der Waals surface area contributed by atoms with Gasteiger partial charge in [-0.05, 0) is 42.2 Å². The monoisotopic (exact) mass is 380 g/mol. The topological polar surface area (TPSA) is 58.6 Å². The second kappa shape index (κ2) is 9.40. The molecule has 1 aliphatic rings. The van der Waals surface area contributed by atoms with E-state index in [1.54, 1.807) is 4.90 Å². The molecule has 1 N–H and O–H groups in total. The van der Waals surface area contributed by atoms with Crippen LogP contribution >= 0.6 is 0 Å². The highest BCUT2D eigenvalue weighted by atomic mass is 16.5. The predicted octanol–water partition coefficient (Wildman–Crippen LogP) is 3.75. The van der Waals surface area contributed by atoms with Crippen LogP contribution in [-0.2, 0) is 9.59 Å². The third-order valence-electron chi connectivity index (χ3n) is 5.07. The molecule has 1 heterocycles. The van der Waals surface area contributed by atoms with Gasteiger partial charge in [0, 0.05) is 25.2 Å². The molecule has 0 radical (unpaired) electrons. The minimum atomic E-state index is -0.313. The second-order valence-electron chi connectivity index (χ2n) is 7.30. The maximum Gasteiger partial charge on any atom is 0.227 e. The molecular formula is C23H28N2O3. The quantitative estimate of drug-likeness (QED) is 0.759. The lowest BCUT2D eigenvalue weighted by Gasteiger charge is -2.18. The number of benzene rings is 2. The highest BCUT2D eigenvalue weighted by Gasteiger charge is 2.35. The third kappa shape index (κ3) is 4.91. The molecule has 28 heavy (non-hydrogen) atoms. The SMILES string of the molecule is CCCOc1ccc(N2C[C@H](C(=O)NC[C@H](C)c3ccccc3)CC2=O)cc1. The normalized spacial score (nSPS) is 17.4. The molecule has 3 rings (SSSR count). The fraction of sp³-hybridized carbons (Fsp3) is 0.391. The summed E-state index contributed by atoms with van der Waals surface area (Å²) in [6.07, 6.45) is 1.20. The number of carbonyl (C=O) groups excluding carboxylic acids is 2. The van der Waals surface area contributed by atoms with Crippen molar-refractivity contribution in [2.24, 2.45) is 5.92 Å². The first-order valence-corrected chi connectivity index (χ1v) is 9.94. The van der Waals surface area contributed by atoms with Crippen molar-refractivity contribution in [3.05, 3.63) is 60.2 Å². The van der Waals surface area contributed by atoms with Crippen LogP contribution in [0.5, 0.6) is 5.75 Å². The highest BCUT2D eigenvalue weighted by Crippen LogP contribution is 2.27. The number of rotatable bonds is 8. The average Bonchev–Trinajstić information content (AvgIpc) is 3.13. The van der Waals surface area contributed by atoms with Crippen molar-refractivity contribution < 1.29 is 14.3 Å². The summed E-state index contributed by atoms with van der Waals surface area (Å²) in [4.78, 5) is 26.7. The summed E-state index contributed by atoms with van der Waals surface area (Å²) >= 11 is 0. The van der Waals surface area contributed by atoms with Crippen molar-refractivity contribution in [2.75, 3.05) is 24.6 Å². The lowest BCUT2D eigenvalue weighted by molar-refractivity contribution is -0.126. The van der Waals surface area contributed by atoms with Crippen molar-refractivity contribution in [1.82, 2.24) is 5.32 Å². The van der Waals surface area contributed by atoms with Crippen molar-refractivity contribution in [3.8, 4) is 5.75 Å². The molecule has 2 aromatic rings. The zero-order chi connectivity index (χ0) is 19.9. The van der Waals surface area contributed by atoms with E-state index < -0.39 is 0 Å². The van der Waals surface area contributed by atoms with Gasteiger partial charge in [-0.25, -0.2) is 0 Å². The average molecular weight is 380 g/mol. The first kappa shape index (κ1) is 19.9. The Hall–Kier alpha value is -2.82. The van der Waals surface area contributed by atoms with Gasteiger partial charge in [-0.15, -0.1) is 0 Å². The standard InChI is InChI=1S/C23H28N2O3/c1-3-13-28-21-11-9-20(10-12-21)25-16-19(14-22(25)26)23(27)24-15-17(2)18-7-5-4-6-8-18/h4-12,17,19H,3,13-16H2,1-2H3,(H,24,27)/t17-,19+/m0/s1. The van der Waals surface area contributed by atoms with Crippen LogP contribution in [0.1, 0.15) is 38.2 Å². The Bertz CT molecular complexity index is 789. The molecular weight excluding hydrogens is 352 g/mol. The molecule has 2 amide bonds. The van der Waals surface area contributed by atoms with Gasteiger partial charge in [-0.3, -0.25) is 9.59 Å². The first-order valence-electron chi connectivity index (χ1n) is 9.94. The fourth-order valence-corrected chi connectivity index (χ4v) is 3.37. The molecule has 0 aliphatic carbocycles. The lowest BCUT2D eigenvalue weighted by atomic mass is 10.0. The number of amides is 2. The maximum atomic E-state index is 12.6. The van der Waals surface area contributed by atoms with E-state index >= 15 is 0 Å². The molecule has 0 spiro atoms. The molecule has 148 valence electrons. The van der Waals surface area contributed by atoms with Crippen LogP contribution in [0.3, 0.4) is 0 Å². The van der Waals surface area contributed by atoms with E-state index in [-0.39, 0.29) is 30.1 Å². The van der Waals surface area contributed by atoms with Gasteiger partial charge in [-0.1, -0.05) is 44.2 Å². The molecule has 1 aliphatic heterocycles. The Labute approximate surface area is 166 Å². The summed E-state index contributed by atoms with van der Waals surface area (Å²) in [6.45, 7) is 5.80. The predicted molar refractivity (Wildman–Crippen MR) is 111 cm³/mol. The number of ether oxygens (including phenoxy) is 1. The fourth-order valence-electron chi connectivity index (χ4n) is 3.37. The molecule has 0 saturated carbocycles. The largest absolute Gasteiger partial charge is 0.494 e. The Morgan fingerprint density at radius 1 is 1.18 bits per heavy atom. The van der Waals surface area contributed by atoms with Crippen molar-refractivity contribution in [2.45, 2.75) is 32.6 Å². The van der Waals surface area contributed by atoms with E-state index in [1.807, 2.05) is 42.5 Å². The minimum absolute atomic E-state index is 0.0153. The number of nitrogens with one attached hydrogen (secondary N) is 1. The molecule has 0 aromatic heterocycles. The molecule has 2 atom stereocenters. The number of hydrogen-bond acceptors (Lipinski definition) is 3. The Kier molecular flexibility index (Phi) is 6.69. The Morgan fingerprint density at radius 3 is 2.57 bits per heavy atom. The zero-order valence-corrected chi connectivity index (χ0v) is 16.6. The second-order valence-corrected chi connectivity index (χ2v) is 7.30. The summed E-state index contributed by atoms with van der Waals surface area (Å²) in [5.74, 6) is 0.641. The van der Waals surface area contributed by atoms with E-state index in [0.29, 0.717) is 19.7 Å². The molecule has 2 aromatic carbocycles. The van der Waals surface area contributed by atoms with Crippen LogP contribution in [0.25, 0.3) is 0 Å². The van der Waals surface area contributed by atoms with Crippen LogP contribution in [0, 0.1) is 5.92 Å². The summed E-state index contributed by atoms with van der Waals surface area (Å²) in [5, 5.41) is 3.01. The van der Waals surface area contributed by atoms with E-state index in [2.05, 4.69) is 31.3 Å². The van der Waals surface area contributed by atoms with Crippen LogP contribution in [0.15, 0.2) is 54.6 Å². The van der Waals surface area contributed by atoms with Crippen LogP contribution in [-0.4, -0.2) is 31.5 Å². The van der Waals surface area contributed by atoms with Gasteiger partial charge in [0.2, 0.25) is 11.8 Å². The number of carbonyl (C=O) groups is 2. The van der Waals surface area contributed by atoms with E-state index in [0.717, 1.165) is 17.9 Å². The van der Waals surface area contributed by atoms with E-state index in [1.165, 1.54) is 5.56 Å². The summed E-state index contributed by atoms with van der Waals surface area (Å²) in [6, 6.07) is 17.6. The zero-order valence-electron chi connectivity index (χ0n) is 16.6. The molecule has 0 bridgehead atoms. The Morgan fingerprint density at radius 2 is 1.89 bits per heavy atom. The van der Waals surface area contributed by atoms with Gasteiger partial charge >= 0.3 is 0 Å². The number of nitrogens with zero attached hydrogens (tertiary/aromatic N) is 1. The first-order chi connectivity index (χ1) is 13.6. The van der Waals surface area contributed by atoms with Gasteiger partial charge in [0.15, 0.2) is 0 Å². The van der Waals surface area contributed by atoms with E-state index in [9.17, 15) is 9.59 Å². The molecule has 1 fully saturated rings. The molecule has 1 saturated heterocycles. The van der Waals surface area contributed by atoms with Crippen molar-refractivity contribution in [3.63, 3.8) is 0 Å². The smallest absolute Gasteiger partial charge is 0.227 e. The molecule has 5 nitrogen and oxygen atoms in total. The van der Waals surface area contributed by atoms with Gasteiger partial charge < -0.3 is 15.0 Å². The minimum Gasteiger partial charge on any atom is -0.494 e. The number of anilines is 1. The van der Waals surface area contributed by atoms with Crippen molar-refractivity contribution >= 4 is 17.5 Å². The van der Waals surface area contributed by atoms with Gasteiger partial charge in [0.1, 0.15) is 5.75 Å². The van der Waals surface area contributed by atoms with Gasteiger partial charge in [0.25, 0.3) is 0 Å². The third-order valence-corrected chi connectivity index (χ3v) is 5.07. The summed E-state index contributed by atoms with van der Waals surface area (Å²) in [7, 11) is 0.